The Morgan fingerprint density at radius 3 is 2.24 bits per heavy atom. The van der Waals surface area contributed by atoms with Gasteiger partial charge >= 0.3 is 0 Å². The first-order valence-electron chi connectivity index (χ1n) is 10.8. The lowest BCUT2D eigenvalue weighted by Crippen LogP contribution is -2.38. The minimum atomic E-state index is -0.768. The lowest BCUT2D eigenvalue weighted by Gasteiger charge is -2.28. The third kappa shape index (κ3) is 4.99. The molecule has 1 aliphatic rings. The van der Waals surface area contributed by atoms with Crippen LogP contribution in [0, 0.1) is 0 Å². The van der Waals surface area contributed by atoms with Crippen molar-refractivity contribution >= 4 is 29.1 Å². The van der Waals surface area contributed by atoms with Gasteiger partial charge in [-0.3, -0.25) is 9.59 Å². The summed E-state index contributed by atoms with van der Waals surface area (Å²) in [6, 6.07) is 10.9. The average molecular weight is 473 g/mol. The molecule has 1 amide bonds. The van der Waals surface area contributed by atoms with Gasteiger partial charge in [-0.05, 0) is 55.1 Å². The fourth-order valence-corrected chi connectivity index (χ4v) is 4.16. The minimum Gasteiger partial charge on any atom is -0.507 e. The Morgan fingerprint density at radius 1 is 1.03 bits per heavy atom. The van der Waals surface area contributed by atoms with Crippen LogP contribution in [0.25, 0.3) is 5.76 Å². The number of ketones is 1. The van der Waals surface area contributed by atoms with E-state index in [4.69, 9.17) is 21.1 Å². The van der Waals surface area contributed by atoms with Crippen LogP contribution in [0.2, 0.25) is 5.02 Å². The van der Waals surface area contributed by atoms with Crippen LogP contribution < -0.4 is 9.47 Å². The molecule has 1 aliphatic heterocycles. The van der Waals surface area contributed by atoms with E-state index in [1.807, 2.05) is 13.8 Å². The van der Waals surface area contributed by atoms with Crippen LogP contribution in [0.1, 0.15) is 31.0 Å². The fraction of sp³-hybridized carbons (Fsp3) is 0.360. The summed E-state index contributed by atoms with van der Waals surface area (Å²) in [5.74, 6) is -0.607. The molecule has 7 nitrogen and oxygen atoms in total. The Balaban J connectivity index is 2.14. The quantitative estimate of drug-likeness (QED) is 0.336. The van der Waals surface area contributed by atoms with Gasteiger partial charge in [-0.1, -0.05) is 31.5 Å². The Kier molecular flexibility index (Phi) is 8.00. The molecule has 1 saturated heterocycles. The number of hydrogen-bond donors (Lipinski definition) is 1. The third-order valence-electron chi connectivity index (χ3n) is 5.93. The number of halogens is 1. The number of carbonyl (C=O) groups excluding carboxylic acids is 2. The molecule has 2 aromatic rings. The Labute approximate surface area is 199 Å². The van der Waals surface area contributed by atoms with E-state index in [1.54, 1.807) is 42.5 Å². The molecule has 33 heavy (non-hydrogen) atoms. The molecular formula is C25H29ClN2O5. The third-order valence-corrected chi connectivity index (χ3v) is 6.18. The van der Waals surface area contributed by atoms with Crippen LogP contribution in [-0.2, 0) is 9.59 Å². The molecule has 1 N–H and O–H groups in total. The first kappa shape index (κ1) is 24.6. The number of benzene rings is 2. The number of methoxy groups -OCH3 is 2. The highest BCUT2D eigenvalue weighted by Gasteiger charge is 2.46. The molecule has 1 atom stereocenters. The van der Waals surface area contributed by atoms with Gasteiger partial charge in [0, 0.05) is 23.7 Å². The normalized spacial score (nSPS) is 17.6. The maximum Gasteiger partial charge on any atom is 0.295 e. The molecule has 0 bridgehead atoms. The molecule has 176 valence electrons. The van der Waals surface area contributed by atoms with Gasteiger partial charge in [-0.2, -0.15) is 0 Å². The molecular weight excluding hydrogens is 444 g/mol. The van der Waals surface area contributed by atoms with Gasteiger partial charge in [0.2, 0.25) is 0 Å². The predicted molar refractivity (Wildman–Crippen MR) is 128 cm³/mol. The molecule has 0 spiro atoms. The fourth-order valence-electron chi connectivity index (χ4n) is 4.03. The number of ether oxygens (including phenoxy) is 2. The van der Waals surface area contributed by atoms with Crippen molar-refractivity contribution in [2.75, 3.05) is 40.4 Å². The minimum absolute atomic E-state index is 0.0362. The van der Waals surface area contributed by atoms with Gasteiger partial charge in [0.15, 0.2) is 11.5 Å². The van der Waals surface area contributed by atoms with E-state index in [0.717, 1.165) is 13.1 Å². The number of amides is 1. The van der Waals surface area contributed by atoms with E-state index in [9.17, 15) is 14.7 Å². The molecule has 1 fully saturated rings. The topological polar surface area (TPSA) is 79.3 Å². The van der Waals surface area contributed by atoms with Crippen molar-refractivity contribution < 1.29 is 24.2 Å². The highest BCUT2D eigenvalue weighted by atomic mass is 35.5. The van der Waals surface area contributed by atoms with Gasteiger partial charge in [0.05, 0.1) is 25.8 Å². The zero-order valence-corrected chi connectivity index (χ0v) is 20.1. The maximum absolute atomic E-state index is 13.1. The number of nitrogens with zero attached hydrogens (tertiary/aromatic N) is 2. The van der Waals surface area contributed by atoms with Crippen LogP contribution in [0.4, 0.5) is 0 Å². The second-order valence-electron chi connectivity index (χ2n) is 7.64. The second-order valence-corrected chi connectivity index (χ2v) is 8.08. The Hall–Kier alpha value is -3.03. The summed E-state index contributed by atoms with van der Waals surface area (Å²) in [5, 5.41) is 11.6. The van der Waals surface area contributed by atoms with Gasteiger partial charge in [0.25, 0.3) is 11.7 Å². The number of likely N-dealkylation sites (N-methyl/N-ethyl adjacent to an activating group) is 1. The molecule has 0 unspecified atom stereocenters. The van der Waals surface area contributed by atoms with E-state index in [2.05, 4.69) is 4.90 Å². The van der Waals surface area contributed by atoms with Crippen molar-refractivity contribution in [2.45, 2.75) is 19.9 Å². The highest BCUT2D eigenvalue weighted by molar-refractivity contribution is 6.46. The number of carbonyl (C=O) groups is 2. The number of aliphatic hydroxyl groups excluding tert-OH is 1. The van der Waals surface area contributed by atoms with E-state index in [-0.39, 0.29) is 11.3 Å². The van der Waals surface area contributed by atoms with Gasteiger partial charge < -0.3 is 24.4 Å². The largest absolute Gasteiger partial charge is 0.507 e. The molecule has 1 heterocycles. The standard InChI is InChI=1S/C25H29ClN2O5/c1-5-27(6-2)13-14-28-22(17-9-12-19(32-3)20(15-17)33-4)21(24(30)25(28)31)23(29)16-7-10-18(26)11-8-16/h7-12,15,22,29H,5-6,13-14H2,1-4H3/b23-21+/t22-/m0/s1. The predicted octanol–water partition coefficient (Wildman–Crippen LogP) is 4.12. The molecule has 0 radical (unpaired) electrons. The summed E-state index contributed by atoms with van der Waals surface area (Å²) in [7, 11) is 3.06. The molecule has 8 heteroatoms. The van der Waals surface area contributed by atoms with Gasteiger partial charge in [-0.25, -0.2) is 0 Å². The molecule has 0 saturated carbocycles. The lowest BCUT2D eigenvalue weighted by atomic mass is 9.95. The van der Waals surface area contributed by atoms with Gasteiger partial charge in [0.1, 0.15) is 5.76 Å². The lowest BCUT2D eigenvalue weighted by molar-refractivity contribution is -0.140. The summed E-state index contributed by atoms with van der Waals surface area (Å²) >= 11 is 5.98. The average Bonchev–Trinajstić information content (AvgIpc) is 3.09. The van der Waals surface area contributed by atoms with E-state index < -0.39 is 17.7 Å². The number of aliphatic hydroxyl groups is 1. The summed E-state index contributed by atoms with van der Waals surface area (Å²) in [5.41, 5.74) is 1.09. The van der Waals surface area contributed by atoms with Crippen molar-refractivity contribution in [1.82, 2.24) is 9.80 Å². The van der Waals surface area contributed by atoms with E-state index in [0.29, 0.717) is 40.7 Å². The van der Waals surface area contributed by atoms with Crippen LogP contribution in [0.3, 0.4) is 0 Å². The smallest absolute Gasteiger partial charge is 0.295 e. The summed E-state index contributed by atoms with van der Waals surface area (Å²) < 4.78 is 10.8. The van der Waals surface area contributed by atoms with Crippen molar-refractivity contribution in [3.63, 3.8) is 0 Å². The van der Waals surface area contributed by atoms with Crippen LogP contribution in [0.5, 0.6) is 11.5 Å². The van der Waals surface area contributed by atoms with Crippen molar-refractivity contribution in [2.24, 2.45) is 0 Å². The Bertz CT molecular complexity index is 1050. The number of hydrogen-bond acceptors (Lipinski definition) is 6. The monoisotopic (exact) mass is 472 g/mol. The van der Waals surface area contributed by atoms with Crippen molar-refractivity contribution in [3.8, 4) is 11.5 Å². The summed E-state index contributed by atoms with van der Waals surface area (Å²) in [4.78, 5) is 29.9. The molecule has 2 aromatic carbocycles. The number of likely N-dealkylation sites (tertiary alicyclic amines) is 1. The molecule has 0 aliphatic carbocycles. The van der Waals surface area contributed by atoms with Gasteiger partial charge in [-0.15, -0.1) is 0 Å². The first-order valence-corrected chi connectivity index (χ1v) is 11.2. The van der Waals surface area contributed by atoms with Crippen molar-refractivity contribution in [3.05, 3.63) is 64.2 Å². The number of Topliss-reactive ketones (excluding diaryl/α,β-unsaturated/α-hetero) is 1. The zero-order valence-electron chi connectivity index (χ0n) is 19.3. The number of rotatable bonds is 9. The SMILES string of the molecule is CCN(CC)CCN1C(=O)C(=O)/C(=C(/O)c2ccc(Cl)cc2)[C@@H]1c1ccc(OC)c(OC)c1. The first-order chi connectivity index (χ1) is 15.9. The highest BCUT2D eigenvalue weighted by Crippen LogP contribution is 2.41. The maximum atomic E-state index is 13.1. The summed E-state index contributed by atoms with van der Waals surface area (Å²) in [6.45, 7) is 6.68. The second kappa shape index (κ2) is 10.7. The molecule has 0 aromatic heterocycles. The van der Waals surface area contributed by atoms with Crippen LogP contribution in [0.15, 0.2) is 48.0 Å². The van der Waals surface area contributed by atoms with Crippen molar-refractivity contribution in [1.29, 1.82) is 0 Å². The zero-order chi connectivity index (χ0) is 24.1. The van der Waals surface area contributed by atoms with Crippen LogP contribution >= 0.6 is 11.6 Å². The van der Waals surface area contributed by atoms with E-state index in [1.165, 1.54) is 19.1 Å². The Morgan fingerprint density at radius 2 is 1.67 bits per heavy atom. The molecule has 3 rings (SSSR count). The summed E-state index contributed by atoms with van der Waals surface area (Å²) in [6.07, 6.45) is 0. The van der Waals surface area contributed by atoms with E-state index >= 15 is 0 Å². The van der Waals surface area contributed by atoms with Crippen LogP contribution in [-0.4, -0.2) is 67.0 Å².